The molecular weight excluding hydrogens is 647 g/mol. The van der Waals surface area contributed by atoms with E-state index in [4.69, 9.17) is 28.9 Å². The molecule has 0 saturated carbocycles. The normalized spacial score (nSPS) is 17.9. The van der Waals surface area contributed by atoms with Crippen LogP contribution < -0.4 is 11.1 Å². The van der Waals surface area contributed by atoms with Gasteiger partial charge in [-0.05, 0) is 147 Å². The number of sulfone groups is 2. The van der Waals surface area contributed by atoms with Crippen LogP contribution in [0.15, 0.2) is 105 Å². The summed E-state index contributed by atoms with van der Waals surface area (Å²) in [5.74, 6) is 0.804. The Kier molecular flexibility index (Phi) is 10.7. The van der Waals surface area contributed by atoms with Crippen molar-refractivity contribution in [2.45, 2.75) is 69.9 Å². The van der Waals surface area contributed by atoms with Gasteiger partial charge in [-0.3, -0.25) is 0 Å². The van der Waals surface area contributed by atoms with Crippen LogP contribution in [0.1, 0.15) is 59.8 Å². The fourth-order valence-corrected chi connectivity index (χ4v) is 9.58. The van der Waals surface area contributed by atoms with E-state index >= 15 is 0 Å². The molecule has 0 heterocycles. The molecule has 2 aliphatic rings. The zero-order chi connectivity index (χ0) is 32.2. The van der Waals surface area contributed by atoms with Crippen LogP contribution in [0.2, 0.25) is 10.0 Å². The highest BCUT2D eigenvalue weighted by Crippen LogP contribution is 2.35. The Morgan fingerprint density at radius 1 is 0.667 bits per heavy atom. The SMILES string of the molecule is CNCC1CCCc2cc(S(=O)(=O)c3cccc(Cl)c3)ccc21.NCC1CCCc2cc(S(=O)(=O)c3cccc(Cl)c3)ccc21. The van der Waals surface area contributed by atoms with Gasteiger partial charge in [-0.25, -0.2) is 16.8 Å². The molecule has 238 valence electrons. The number of fused-ring (bicyclic) bond motifs is 2. The summed E-state index contributed by atoms with van der Waals surface area (Å²) < 4.78 is 51.1. The molecule has 6 nitrogen and oxygen atoms in total. The van der Waals surface area contributed by atoms with Crippen molar-refractivity contribution in [2.24, 2.45) is 5.73 Å². The van der Waals surface area contributed by atoms with Crippen molar-refractivity contribution < 1.29 is 16.8 Å². The third-order valence-corrected chi connectivity index (χ3v) is 12.6. The van der Waals surface area contributed by atoms with Crippen LogP contribution in [0, 0.1) is 0 Å². The van der Waals surface area contributed by atoms with Crippen LogP contribution in [-0.2, 0) is 32.5 Å². The molecule has 0 aliphatic heterocycles. The van der Waals surface area contributed by atoms with Gasteiger partial charge in [0, 0.05) is 16.6 Å². The van der Waals surface area contributed by atoms with Crippen molar-refractivity contribution >= 4 is 42.9 Å². The minimum Gasteiger partial charge on any atom is -0.330 e. The van der Waals surface area contributed by atoms with Gasteiger partial charge in [0.05, 0.1) is 19.6 Å². The second kappa shape index (κ2) is 14.4. The lowest BCUT2D eigenvalue weighted by molar-refractivity contribution is 0.527. The zero-order valence-electron chi connectivity index (χ0n) is 25.2. The van der Waals surface area contributed by atoms with Crippen molar-refractivity contribution in [3.63, 3.8) is 0 Å². The lowest BCUT2D eigenvalue weighted by Gasteiger charge is -2.25. The Morgan fingerprint density at radius 3 is 1.56 bits per heavy atom. The first-order chi connectivity index (χ1) is 21.5. The minimum absolute atomic E-state index is 0.228. The Labute approximate surface area is 276 Å². The quantitative estimate of drug-likeness (QED) is 0.211. The number of hydrogen-bond acceptors (Lipinski definition) is 6. The monoisotopic (exact) mass is 684 g/mol. The van der Waals surface area contributed by atoms with Gasteiger partial charge in [-0.1, -0.05) is 47.5 Å². The van der Waals surface area contributed by atoms with E-state index in [0.29, 0.717) is 38.2 Å². The highest BCUT2D eigenvalue weighted by Gasteiger charge is 2.25. The largest absolute Gasteiger partial charge is 0.330 e. The van der Waals surface area contributed by atoms with Gasteiger partial charge in [-0.15, -0.1) is 0 Å². The van der Waals surface area contributed by atoms with E-state index in [1.54, 1.807) is 54.6 Å². The van der Waals surface area contributed by atoms with Crippen molar-refractivity contribution in [2.75, 3.05) is 20.1 Å². The molecule has 0 amide bonds. The van der Waals surface area contributed by atoms with Crippen LogP contribution in [0.5, 0.6) is 0 Å². The predicted molar refractivity (Wildman–Crippen MR) is 181 cm³/mol. The number of nitrogens with two attached hydrogens (primary N) is 1. The maximum Gasteiger partial charge on any atom is 0.206 e. The Hall–Kier alpha value is -2.72. The molecule has 3 N–H and O–H groups in total. The van der Waals surface area contributed by atoms with Crippen molar-refractivity contribution in [1.29, 1.82) is 0 Å². The number of rotatable bonds is 7. The van der Waals surface area contributed by atoms with E-state index in [1.165, 1.54) is 23.3 Å². The van der Waals surface area contributed by atoms with Gasteiger partial charge in [0.1, 0.15) is 0 Å². The fraction of sp³-hybridized carbons (Fsp3) is 0.314. The second-order valence-electron chi connectivity index (χ2n) is 11.6. The maximum absolute atomic E-state index is 12.8. The Morgan fingerprint density at radius 2 is 1.11 bits per heavy atom. The minimum atomic E-state index is -3.53. The van der Waals surface area contributed by atoms with E-state index in [2.05, 4.69) is 5.32 Å². The molecule has 6 rings (SSSR count). The average Bonchev–Trinajstić information content (AvgIpc) is 3.04. The maximum atomic E-state index is 12.8. The summed E-state index contributed by atoms with van der Waals surface area (Å²) in [7, 11) is -5.11. The van der Waals surface area contributed by atoms with Gasteiger partial charge in [0.25, 0.3) is 0 Å². The summed E-state index contributed by atoms with van der Waals surface area (Å²) in [5, 5.41) is 4.07. The topological polar surface area (TPSA) is 106 Å². The standard InChI is InChI=1S/C18H20ClNO2S.C17H18ClNO2S/c1-20-12-14-5-2-4-13-10-17(8-9-18(13)14)23(21,22)16-7-3-6-15(19)11-16;18-14-5-2-6-15(10-14)22(20,21)16-7-8-17-12(9-16)3-1-4-13(17)11-19/h3,6-11,14,20H,2,4-5,12H2,1H3;2,5-10,13H,1,3-4,11,19H2. The molecular formula is C35H38Cl2N2O4S2. The summed E-state index contributed by atoms with van der Waals surface area (Å²) in [6.45, 7) is 1.53. The second-order valence-corrected chi connectivity index (χ2v) is 16.4. The third kappa shape index (κ3) is 7.48. The first-order valence-corrected chi connectivity index (χ1v) is 18.9. The van der Waals surface area contributed by atoms with Crippen molar-refractivity contribution in [1.82, 2.24) is 5.32 Å². The number of likely N-dealkylation sites (N-methyl/N-ethyl adjacent to an activating group) is 1. The summed E-state index contributed by atoms with van der Waals surface area (Å²) in [5.41, 5.74) is 10.5. The molecule has 45 heavy (non-hydrogen) atoms. The molecule has 4 aromatic carbocycles. The average molecular weight is 686 g/mol. The third-order valence-electron chi connectivity index (χ3n) is 8.67. The van der Waals surface area contributed by atoms with Gasteiger partial charge >= 0.3 is 0 Å². The van der Waals surface area contributed by atoms with Gasteiger partial charge in [-0.2, -0.15) is 0 Å². The van der Waals surface area contributed by atoms with Crippen LogP contribution in [-0.4, -0.2) is 37.0 Å². The van der Waals surface area contributed by atoms with Crippen LogP contribution in [0.3, 0.4) is 0 Å². The van der Waals surface area contributed by atoms with E-state index < -0.39 is 19.7 Å². The zero-order valence-corrected chi connectivity index (χ0v) is 28.3. The van der Waals surface area contributed by atoms with E-state index in [1.807, 2.05) is 25.2 Å². The molecule has 4 aromatic rings. The first-order valence-electron chi connectivity index (χ1n) is 15.2. The highest BCUT2D eigenvalue weighted by atomic mass is 35.5. The summed E-state index contributed by atoms with van der Waals surface area (Å²) in [6.07, 6.45) is 6.22. The lowest BCUT2D eigenvalue weighted by Crippen LogP contribution is -2.21. The molecule has 10 heteroatoms. The molecule has 0 saturated heterocycles. The van der Waals surface area contributed by atoms with Crippen molar-refractivity contribution in [3.05, 3.63) is 117 Å². The summed E-state index contributed by atoms with van der Waals surface area (Å²) in [4.78, 5) is 1.15. The molecule has 2 unspecified atom stereocenters. The number of hydrogen-bond donors (Lipinski definition) is 2. The number of aryl methyl sites for hydroxylation is 2. The summed E-state index contributed by atoms with van der Waals surface area (Å²) in [6, 6.07) is 23.8. The first kappa shape index (κ1) is 33.6. The van der Waals surface area contributed by atoms with Crippen LogP contribution in [0.25, 0.3) is 0 Å². The molecule has 0 spiro atoms. The fourth-order valence-electron chi connectivity index (χ4n) is 6.36. The van der Waals surface area contributed by atoms with E-state index in [9.17, 15) is 16.8 Å². The Balaban J connectivity index is 0.000000178. The molecule has 2 atom stereocenters. The predicted octanol–water partition coefficient (Wildman–Crippen LogP) is 7.36. The smallest absolute Gasteiger partial charge is 0.206 e. The van der Waals surface area contributed by atoms with E-state index in [-0.39, 0.29) is 9.79 Å². The number of nitrogens with one attached hydrogen (secondary N) is 1. The molecule has 0 bridgehead atoms. The summed E-state index contributed by atoms with van der Waals surface area (Å²) >= 11 is 11.8. The number of benzene rings is 4. The van der Waals surface area contributed by atoms with Crippen molar-refractivity contribution in [3.8, 4) is 0 Å². The van der Waals surface area contributed by atoms with Crippen LogP contribution >= 0.6 is 23.2 Å². The number of halogens is 2. The van der Waals surface area contributed by atoms with Gasteiger partial charge in [0.2, 0.25) is 19.7 Å². The Bertz CT molecular complexity index is 1900. The molecule has 0 radical (unpaired) electrons. The van der Waals surface area contributed by atoms with Crippen LogP contribution in [0.4, 0.5) is 0 Å². The highest BCUT2D eigenvalue weighted by molar-refractivity contribution is 7.91. The van der Waals surface area contributed by atoms with E-state index in [0.717, 1.165) is 56.2 Å². The van der Waals surface area contributed by atoms with Gasteiger partial charge < -0.3 is 11.1 Å². The lowest BCUT2D eigenvalue weighted by atomic mass is 9.83. The molecule has 2 aliphatic carbocycles. The molecule has 0 aromatic heterocycles. The molecule has 0 fully saturated rings. The van der Waals surface area contributed by atoms with Gasteiger partial charge in [0.15, 0.2) is 0 Å².